The van der Waals surface area contributed by atoms with Crippen molar-refractivity contribution in [3.05, 3.63) is 24.3 Å². The first-order chi connectivity index (χ1) is 10.2. The minimum absolute atomic E-state index is 0.00146. The molecule has 0 aliphatic carbocycles. The first-order valence-corrected chi connectivity index (χ1v) is 7.08. The van der Waals surface area contributed by atoms with Gasteiger partial charge in [-0.25, -0.2) is 4.39 Å². The van der Waals surface area contributed by atoms with Gasteiger partial charge in [0.15, 0.2) is 0 Å². The van der Waals surface area contributed by atoms with Crippen LogP contribution in [-0.2, 0) is 9.53 Å². The maximum Gasteiger partial charge on any atom is 0.232 e. The molecule has 0 aromatic heterocycles. The molecule has 0 unspecified atom stereocenters. The summed E-state index contributed by atoms with van der Waals surface area (Å²) in [5.41, 5.74) is 5.85. The van der Waals surface area contributed by atoms with Gasteiger partial charge in [-0.3, -0.25) is 4.79 Å². The Bertz CT molecular complexity index is 476. The lowest BCUT2D eigenvalue weighted by molar-refractivity contribution is -0.130. The molecular weight excluding hydrogens is 275 g/mol. The number of nitrogens with one attached hydrogen (secondary N) is 1. The van der Waals surface area contributed by atoms with Crippen LogP contribution in [0.2, 0.25) is 0 Å². The van der Waals surface area contributed by atoms with Gasteiger partial charge in [0.05, 0.1) is 5.41 Å². The van der Waals surface area contributed by atoms with E-state index in [9.17, 15) is 9.18 Å². The average Bonchev–Trinajstić information content (AvgIpc) is 2.54. The lowest BCUT2D eigenvalue weighted by Gasteiger charge is -2.34. The van der Waals surface area contributed by atoms with Gasteiger partial charge in [0, 0.05) is 31.5 Å². The van der Waals surface area contributed by atoms with Gasteiger partial charge in [-0.15, -0.1) is 0 Å². The second kappa shape index (κ2) is 7.38. The Kier molecular flexibility index (Phi) is 5.52. The lowest BCUT2D eigenvalue weighted by Crippen LogP contribution is -2.46. The van der Waals surface area contributed by atoms with Crippen LogP contribution in [0.3, 0.4) is 0 Å². The van der Waals surface area contributed by atoms with E-state index in [0.717, 1.165) is 0 Å². The summed E-state index contributed by atoms with van der Waals surface area (Å²) < 4.78 is 22.6. The molecule has 1 amide bonds. The molecule has 116 valence electrons. The number of ether oxygens (including phenoxy) is 2. The highest BCUT2D eigenvalue weighted by atomic mass is 19.1. The molecule has 1 heterocycles. The highest BCUT2D eigenvalue weighted by Crippen LogP contribution is 2.31. The molecule has 1 saturated heterocycles. The van der Waals surface area contributed by atoms with E-state index < -0.39 is 12.1 Å². The van der Waals surface area contributed by atoms with Gasteiger partial charge in [-0.1, -0.05) is 6.07 Å². The molecule has 0 radical (unpaired) electrons. The number of halogens is 1. The molecule has 1 aliphatic rings. The lowest BCUT2D eigenvalue weighted by atomic mass is 9.79. The summed E-state index contributed by atoms with van der Waals surface area (Å²) in [7, 11) is 0. The zero-order chi connectivity index (χ0) is 15.1. The predicted octanol–water partition coefficient (Wildman–Crippen LogP) is 1.73. The van der Waals surface area contributed by atoms with E-state index in [0.29, 0.717) is 44.0 Å². The molecule has 1 aromatic carbocycles. The van der Waals surface area contributed by atoms with Gasteiger partial charge in [-0.2, -0.15) is 0 Å². The molecule has 2 rings (SSSR count). The van der Waals surface area contributed by atoms with Crippen molar-refractivity contribution in [2.24, 2.45) is 11.1 Å². The van der Waals surface area contributed by atoms with Crippen LogP contribution in [0.25, 0.3) is 0 Å². The van der Waals surface area contributed by atoms with Crippen LogP contribution in [0, 0.1) is 5.41 Å². The topological polar surface area (TPSA) is 73.6 Å². The Morgan fingerprint density at radius 2 is 2.19 bits per heavy atom. The summed E-state index contributed by atoms with van der Waals surface area (Å²) >= 11 is 0. The number of hydrogen-bond acceptors (Lipinski definition) is 4. The fraction of sp³-hybridized carbons (Fsp3) is 0.533. The number of rotatable bonds is 6. The Balaban J connectivity index is 2.04. The van der Waals surface area contributed by atoms with Crippen molar-refractivity contribution in [3.63, 3.8) is 0 Å². The highest BCUT2D eigenvalue weighted by molar-refractivity contribution is 5.95. The molecule has 5 nitrogen and oxygen atoms in total. The normalized spacial score (nSPS) is 17.2. The zero-order valence-electron chi connectivity index (χ0n) is 11.9. The van der Waals surface area contributed by atoms with E-state index >= 15 is 0 Å². The van der Waals surface area contributed by atoms with Gasteiger partial charge in [0.1, 0.15) is 19.0 Å². The average molecular weight is 296 g/mol. The third-order valence-corrected chi connectivity index (χ3v) is 3.76. The number of anilines is 1. The van der Waals surface area contributed by atoms with Gasteiger partial charge >= 0.3 is 0 Å². The second-order valence-corrected chi connectivity index (χ2v) is 5.12. The SMILES string of the molecule is NCC1(C(=O)Nc2cccc(OCCF)c2)CCOCC1. The van der Waals surface area contributed by atoms with E-state index in [1.807, 2.05) is 0 Å². The van der Waals surface area contributed by atoms with Crippen molar-refractivity contribution >= 4 is 11.6 Å². The molecule has 21 heavy (non-hydrogen) atoms. The predicted molar refractivity (Wildman–Crippen MR) is 78.1 cm³/mol. The first-order valence-electron chi connectivity index (χ1n) is 7.08. The highest BCUT2D eigenvalue weighted by Gasteiger charge is 2.38. The van der Waals surface area contributed by atoms with Crippen LogP contribution in [-0.4, -0.2) is 38.9 Å². The third-order valence-electron chi connectivity index (χ3n) is 3.76. The van der Waals surface area contributed by atoms with Crippen LogP contribution in [0.4, 0.5) is 10.1 Å². The van der Waals surface area contributed by atoms with Crippen LogP contribution < -0.4 is 15.8 Å². The number of carbonyl (C=O) groups excluding carboxylic acids is 1. The molecule has 1 aromatic rings. The summed E-state index contributed by atoms with van der Waals surface area (Å²) in [6.07, 6.45) is 1.24. The zero-order valence-corrected chi connectivity index (χ0v) is 11.9. The van der Waals surface area contributed by atoms with E-state index in [1.54, 1.807) is 24.3 Å². The van der Waals surface area contributed by atoms with Crippen molar-refractivity contribution in [2.45, 2.75) is 12.8 Å². The summed E-state index contributed by atoms with van der Waals surface area (Å²) in [5.74, 6) is 0.426. The van der Waals surface area contributed by atoms with Crippen LogP contribution in [0.5, 0.6) is 5.75 Å². The number of nitrogens with two attached hydrogens (primary N) is 1. The van der Waals surface area contributed by atoms with Crippen molar-refractivity contribution in [2.75, 3.05) is 38.4 Å². The number of carbonyl (C=O) groups is 1. The van der Waals surface area contributed by atoms with E-state index in [4.69, 9.17) is 15.2 Å². The number of amides is 1. The van der Waals surface area contributed by atoms with Crippen LogP contribution in [0.15, 0.2) is 24.3 Å². The third kappa shape index (κ3) is 3.92. The Morgan fingerprint density at radius 1 is 1.43 bits per heavy atom. The molecule has 0 atom stereocenters. The summed E-state index contributed by atoms with van der Waals surface area (Å²) in [5, 5.41) is 2.87. The molecule has 0 spiro atoms. The maximum absolute atomic E-state index is 12.5. The first kappa shape index (κ1) is 15.7. The van der Waals surface area contributed by atoms with E-state index in [-0.39, 0.29) is 12.5 Å². The minimum Gasteiger partial charge on any atom is -0.491 e. The Labute approximate surface area is 123 Å². The van der Waals surface area contributed by atoms with Gasteiger partial charge in [-0.05, 0) is 25.0 Å². The van der Waals surface area contributed by atoms with Crippen molar-refractivity contribution in [3.8, 4) is 5.75 Å². The van der Waals surface area contributed by atoms with Crippen molar-refractivity contribution in [1.82, 2.24) is 0 Å². The molecule has 3 N–H and O–H groups in total. The minimum atomic E-state index is -0.575. The smallest absolute Gasteiger partial charge is 0.232 e. The van der Waals surface area contributed by atoms with Crippen LogP contribution in [0.1, 0.15) is 12.8 Å². The Hall–Kier alpha value is -1.66. The molecular formula is C15H21FN2O3. The molecule has 6 heteroatoms. The second-order valence-electron chi connectivity index (χ2n) is 5.12. The number of benzene rings is 1. The standard InChI is InChI=1S/C15H21FN2O3/c16-6-9-21-13-3-1-2-12(10-13)18-14(19)15(11-17)4-7-20-8-5-15/h1-3,10H,4-9,11,17H2,(H,18,19). The summed E-state index contributed by atoms with van der Waals surface area (Å²) in [4.78, 5) is 12.5. The fourth-order valence-electron chi connectivity index (χ4n) is 2.37. The quantitative estimate of drug-likeness (QED) is 0.838. The van der Waals surface area contributed by atoms with Gasteiger partial charge in [0.2, 0.25) is 5.91 Å². The van der Waals surface area contributed by atoms with Crippen molar-refractivity contribution in [1.29, 1.82) is 0 Å². The van der Waals surface area contributed by atoms with Crippen molar-refractivity contribution < 1.29 is 18.7 Å². The monoisotopic (exact) mass is 296 g/mol. The largest absolute Gasteiger partial charge is 0.491 e. The Morgan fingerprint density at radius 3 is 2.86 bits per heavy atom. The van der Waals surface area contributed by atoms with E-state index in [1.165, 1.54) is 0 Å². The maximum atomic E-state index is 12.5. The molecule has 0 saturated carbocycles. The molecule has 0 bridgehead atoms. The molecule has 1 fully saturated rings. The van der Waals surface area contributed by atoms with Gasteiger partial charge < -0.3 is 20.5 Å². The van der Waals surface area contributed by atoms with E-state index in [2.05, 4.69) is 5.32 Å². The van der Waals surface area contributed by atoms with Gasteiger partial charge in [0.25, 0.3) is 0 Å². The summed E-state index contributed by atoms with van der Waals surface area (Å²) in [6, 6.07) is 6.92. The summed E-state index contributed by atoms with van der Waals surface area (Å²) in [6.45, 7) is 0.836. The number of alkyl halides is 1. The molecule has 1 aliphatic heterocycles. The fourth-order valence-corrected chi connectivity index (χ4v) is 2.37. The number of hydrogen-bond donors (Lipinski definition) is 2. The van der Waals surface area contributed by atoms with Crippen LogP contribution >= 0.6 is 0 Å².